The highest BCUT2D eigenvalue weighted by Gasteiger charge is 2.34. The number of carbonyl (C=O) groups excluding carboxylic acids is 1. The van der Waals surface area contributed by atoms with Crippen molar-refractivity contribution in [2.75, 3.05) is 13.1 Å². The van der Waals surface area contributed by atoms with Crippen LogP contribution in [0, 0.1) is 0 Å². The minimum absolute atomic E-state index is 0.106. The van der Waals surface area contributed by atoms with Crippen molar-refractivity contribution in [3.63, 3.8) is 0 Å². The standard InChI is InChI=1S/C12H12ClF3N2O2/c1-7(13)11(19)18-5-9(6-18)20-10-3-2-8(4-17-10)12(14,15)16/h2-4,7,9H,5-6H2,1H3. The molecular formula is C12H12ClF3N2O2. The molecule has 8 heteroatoms. The van der Waals surface area contributed by atoms with Gasteiger partial charge in [-0.25, -0.2) is 4.98 Å². The number of rotatable bonds is 3. The molecule has 4 nitrogen and oxygen atoms in total. The van der Waals surface area contributed by atoms with Crippen molar-refractivity contribution < 1.29 is 22.7 Å². The van der Waals surface area contributed by atoms with Gasteiger partial charge in [0.15, 0.2) is 0 Å². The van der Waals surface area contributed by atoms with E-state index in [1.807, 2.05) is 0 Å². The van der Waals surface area contributed by atoms with E-state index >= 15 is 0 Å². The SMILES string of the molecule is CC(Cl)C(=O)N1CC(Oc2ccc(C(F)(F)F)cn2)C1. The third-order valence-corrected chi connectivity index (χ3v) is 3.04. The molecule has 1 fully saturated rings. The molecule has 0 bridgehead atoms. The van der Waals surface area contributed by atoms with Gasteiger partial charge in [-0.2, -0.15) is 13.2 Å². The molecule has 1 saturated heterocycles. The fraction of sp³-hybridized carbons (Fsp3) is 0.500. The lowest BCUT2D eigenvalue weighted by molar-refractivity contribution is -0.140. The number of carbonyl (C=O) groups is 1. The highest BCUT2D eigenvalue weighted by Crippen LogP contribution is 2.29. The van der Waals surface area contributed by atoms with E-state index in [9.17, 15) is 18.0 Å². The molecular weight excluding hydrogens is 297 g/mol. The van der Waals surface area contributed by atoms with Crippen molar-refractivity contribution in [2.24, 2.45) is 0 Å². The molecule has 1 amide bonds. The summed E-state index contributed by atoms with van der Waals surface area (Å²) in [6.45, 7) is 2.30. The first kappa shape index (κ1) is 14.9. The largest absolute Gasteiger partial charge is 0.471 e. The molecule has 110 valence electrons. The first-order valence-electron chi connectivity index (χ1n) is 5.90. The van der Waals surface area contributed by atoms with Gasteiger partial charge in [0.1, 0.15) is 11.5 Å². The van der Waals surface area contributed by atoms with Gasteiger partial charge in [-0.05, 0) is 13.0 Å². The Hall–Kier alpha value is -1.50. The van der Waals surface area contributed by atoms with Gasteiger partial charge in [0, 0.05) is 12.3 Å². The number of alkyl halides is 4. The Morgan fingerprint density at radius 1 is 1.50 bits per heavy atom. The topological polar surface area (TPSA) is 42.4 Å². The predicted octanol–water partition coefficient (Wildman–Crippen LogP) is 2.32. The Morgan fingerprint density at radius 2 is 2.15 bits per heavy atom. The molecule has 1 aliphatic rings. The third-order valence-electron chi connectivity index (χ3n) is 2.85. The maximum atomic E-state index is 12.3. The highest BCUT2D eigenvalue weighted by molar-refractivity contribution is 6.30. The first-order valence-corrected chi connectivity index (χ1v) is 6.34. The Morgan fingerprint density at radius 3 is 2.60 bits per heavy atom. The number of aromatic nitrogens is 1. The van der Waals surface area contributed by atoms with Crippen molar-refractivity contribution in [3.05, 3.63) is 23.9 Å². The van der Waals surface area contributed by atoms with Gasteiger partial charge in [-0.15, -0.1) is 11.6 Å². The molecule has 2 heterocycles. The number of hydrogen-bond donors (Lipinski definition) is 0. The highest BCUT2D eigenvalue weighted by atomic mass is 35.5. The Kier molecular flexibility index (Phi) is 4.08. The summed E-state index contributed by atoms with van der Waals surface area (Å²) in [5.41, 5.74) is -0.828. The molecule has 1 atom stereocenters. The molecule has 1 aliphatic heterocycles. The summed E-state index contributed by atoms with van der Waals surface area (Å²) in [5.74, 6) is -0.0825. The summed E-state index contributed by atoms with van der Waals surface area (Å²) in [7, 11) is 0. The minimum Gasteiger partial charge on any atom is -0.471 e. The Balaban J connectivity index is 1.86. The zero-order valence-corrected chi connectivity index (χ0v) is 11.3. The van der Waals surface area contributed by atoms with E-state index in [-0.39, 0.29) is 17.9 Å². The maximum Gasteiger partial charge on any atom is 0.417 e. The molecule has 0 saturated carbocycles. The average Bonchev–Trinajstić information content (AvgIpc) is 2.31. The van der Waals surface area contributed by atoms with Crippen molar-refractivity contribution in [1.29, 1.82) is 0 Å². The zero-order chi connectivity index (χ0) is 14.9. The molecule has 1 aromatic heterocycles. The van der Waals surface area contributed by atoms with Crippen molar-refractivity contribution in [3.8, 4) is 5.88 Å². The lowest BCUT2D eigenvalue weighted by atomic mass is 10.1. The summed E-state index contributed by atoms with van der Waals surface area (Å²) >= 11 is 5.65. The van der Waals surface area contributed by atoms with Crippen LogP contribution in [0.1, 0.15) is 12.5 Å². The van der Waals surface area contributed by atoms with E-state index in [2.05, 4.69) is 4.98 Å². The quantitative estimate of drug-likeness (QED) is 0.805. The van der Waals surface area contributed by atoms with Crippen molar-refractivity contribution in [2.45, 2.75) is 24.6 Å². The number of halogens is 4. The van der Waals surface area contributed by atoms with E-state index in [4.69, 9.17) is 16.3 Å². The van der Waals surface area contributed by atoms with Crippen LogP contribution in [0.25, 0.3) is 0 Å². The minimum atomic E-state index is -4.41. The summed E-state index contributed by atoms with van der Waals surface area (Å²) in [4.78, 5) is 16.6. The van der Waals surface area contributed by atoms with Crippen molar-refractivity contribution in [1.82, 2.24) is 9.88 Å². The number of nitrogens with zero attached hydrogens (tertiary/aromatic N) is 2. The van der Waals surface area contributed by atoms with Gasteiger partial charge in [0.25, 0.3) is 0 Å². The molecule has 0 N–H and O–H groups in total. The molecule has 0 aromatic carbocycles. The monoisotopic (exact) mass is 308 g/mol. The zero-order valence-electron chi connectivity index (χ0n) is 10.5. The molecule has 1 unspecified atom stereocenters. The van der Waals surface area contributed by atoms with Gasteiger partial charge >= 0.3 is 6.18 Å². The van der Waals surface area contributed by atoms with Crippen LogP contribution in [0.15, 0.2) is 18.3 Å². The molecule has 1 aromatic rings. The first-order chi connectivity index (χ1) is 9.27. The van der Waals surface area contributed by atoms with Crippen LogP contribution in [0.4, 0.5) is 13.2 Å². The smallest absolute Gasteiger partial charge is 0.417 e. The van der Waals surface area contributed by atoms with Crippen LogP contribution in [0.3, 0.4) is 0 Å². The second kappa shape index (κ2) is 5.47. The number of amides is 1. The van der Waals surface area contributed by atoms with Crippen LogP contribution >= 0.6 is 11.6 Å². The molecule has 20 heavy (non-hydrogen) atoms. The second-order valence-electron chi connectivity index (χ2n) is 4.48. The Labute approximate surface area is 118 Å². The van der Waals surface area contributed by atoms with Crippen LogP contribution in [0.2, 0.25) is 0 Å². The molecule has 2 rings (SSSR count). The normalized spacial score (nSPS) is 17.6. The van der Waals surface area contributed by atoms with Crippen LogP contribution in [-0.2, 0) is 11.0 Å². The summed E-state index contributed by atoms with van der Waals surface area (Å²) in [6.07, 6.45) is -3.96. The Bertz CT molecular complexity index is 484. The third kappa shape index (κ3) is 3.33. The number of pyridine rings is 1. The molecule has 0 radical (unpaired) electrons. The lowest BCUT2D eigenvalue weighted by Crippen LogP contribution is -2.57. The van der Waals surface area contributed by atoms with E-state index in [0.717, 1.165) is 18.3 Å². The van der Waals surface area contributed by atoms with Gasteiger partial charge in [-0.3, -0.25) is 4.79 Å². The van der Waals surface area contributed by atoms with E-state index in [1.54, 1.807) is 6.92 Å². The van der Waals surface area contributed by atoms with Gasteiger partial charge < -0.3 is 9.64 Å². The number of likely N-dealkylation sites (tertiary alicyclic amines) is 1. The fourth-order valence-electron chi connectivity index (χ4n) is 1.73. The number of ether oxygens (including phenoxy) is 1. The van der Waals surface area contributed by atoms with Crippen molar-refractivity contribution >= 4 is 17.5 Å². The predicted molar refractivity (Wildman–Crippen MR) is 65.6 cm³/mol. The summed E-state index contributed by atoms with van der Waals surface area (Å²) in [6, 6.07) is 2.07. The second-order valence-corrected chi connectivity index (χ2v) is 5.14. The van der Waals surface area contributed by atoms with E-state index < -0.39 is 17.1 Å². The van der Waals surface area contributed by atoms with E-state index in [1.165, 1.54) is 4.90 Å². The van der Waals surface area contributed by atoms with E-state index in [0.29, 0.717) is 13.1 Å². The van der Waals surface area contributed by atoms with Gasteiger partial charge in [-0.1, -0.05) is 0 Å². The summed E-state index contributed by atoms with van der Waals surface area (Å²) < 4.78 is 42.4. The maximum absolute atomic E-state index is 12.3. The summed E-state index contributed by atoms with van der Waals surface area (Å²) in [5, 5.41) is -0.597. The van der Waals surface area contributed by atoms with Crippen LogP contribution in [0.5, 0.6) is 5.88 Å². The molecule has 0 aliphatic carbocycles. The lowest BCUT2D eigenvalue weighted by Gasteiger charge is -2.39. The number of hydrogen-bond acceptors (Lipinski definition) is 3. The van der Waals surface area contributed by atoms with Crippen LogP contribution < -0.4 is 4.74 Å². The average molecular weight is 309 g/mol. The van der Waals surface area contributed by atoms with Gasteiger partial charge in [0.05, 0.1) is 18.7 Å². The van der Waals surface area contributed by atoms with Gasteiger partial charge in [0.2, 0.25) is 11.8 Å². The van der Waals surface area contributed by atoms with Crippen LogP contribution in [-0.4, -0.2) is 40.4 Å². The molecule has 0 spiro atoms. The fourth-order valence-corrected chi connectivity index (χ4v) is 1.87.